The zero-order valence-corrected chi connectivity index (χ0v) is 19.7. The fourth-order valence-electron chi connectivity index (χ4n) is 3.46. The van der Waals surface area contributed by atoms with E-state index >= 15 is 0 Å². The number of guanidine groups is 1. The van der Waals surface area contributed by atoms with Crippen molar-refractivity contribution in [1.29, 1.82) is 0 Å². The Labute approximate surface area is 175 Å². The highest BCUT2D eigenvalue weighted by atomic mass is 127. The highest BCUT2D eigenvalue weighted by molar-refractivity contribution is 14.0. The number of nitrogens with one attached hydrogen (secondary N) is 1. The smallest absolute Gasteiger partial charge is 0.194 e. The van der Waals surface area contributed by atoms with Crippen LogP contribution in [-0.2, 0) is 4.74 Å². The average molecular weight is 484 g/mol. The molecular weight excluding hydrogens is 447 g/mol. The highest BCUT2D eigenvalue weighted by Gasteiger charge is 2.29. The second-order valence-corrected chi connectivity index (χ2v) is 9.49. The fraction of sp³-hybridized carbons (Fsp3) is 0.944. The topological polar surface area (TPSA) is 40.1 Å². The quantitative estimate of drug-likeness (QED) is 0.369. The van der Waals surface area contributed by atoms with Gasteiger partial charge in [-0.05, 0) is 26.7 Å². The van der Waals surface area contributed by atoms with Gasteiger partial charge in [0.05, 0.1) is 19.8 Å². The molecule has 1 N–H and O–H groups in total. The molecule has 0 aromatic carbocycles. The molecule has 0 amide bonds. The number of morpholine rings is 1. The van der Waals surface area contributed by atoms with E-state index in [1.54, 1.807) is 0 Å². The van der Waals surface area contributed by atoms with Crippen LogP contribution in [0.2, 0.25) is 0 Å². The molecule has 2 aliphatic heterocycles. The summed E-state index contributed by atoms with van der Waals surface area (Å²) in [4.78, 5) is 10.0. The van der Waals surface area contributed by atoms with Crippen LogP contribution in [-0.4, -0.2) is 84.8 Å². The van der Waals surface area contributed by atoms with E-state index in [1.807, 2.05) is 0 Å². The summed E-state index contributed by atoms with van der Waals surface area (Å²) in [6.07, 6.45) is 0. The Morgan fingerprint density at radius 2 is 1.92 bits per heavy atom. The van der Waals surface area contributed by atoms with Crippen LogP contribution in [0.1, 0.15) is 34.6 Å². The van der Waals surface area contributed by atoms with Gasteiger partial charge in [-0.25, -0.2) is 0 Å². The normalized spacial score (nSPS) is 23.3. The average Bonchev–Trinajstić information content (AvgIpc) is 2.54. The van der Waals surface area contributed by atoms with Crippen LogP contribution in [0.15, 0.2) is 4.99 Å². The third-order valence-corrected chi connectivity index (χ3v) is 6.07. The predicted octanol–water partition coefficient (Wildman–Crippen LogP) is 2.75. The van der Waals surface area contributed by atoms with Crippen molar-refractivity contribution in [3.8, 4) is 0 Å². The third kappa shape index (κ3) is 7.42. The van der Waals surface area contributed by atoms with Crippen molar-refractivity contribution in [2.45, 2.75) is 45.4 Å². The summed E-state index contributed by atoms with van der Waals surface area (Å²) in [5, 5.41) is 3.51. The molecule has 7 heteroatoms. The fourth-order valence-corrected chi connectivity index (χ4v) is 4.57. The van der Waals surface area contributed by atoms with Gasteiger partial charge in [0.1, 0.15) is 0 Å². The number of nitrogens with zero attached hydrogens (tertiary/aromatic N) is 3. The summed E-state index contributed by atoms with van der Waals surface area (Å²) in [6, 6.07) is 0.495. The molecule has 2 heterocycles. The molecule has 148 valence electrons. The van der Waals surface area contributed by atoms with Gasteiger partial charge in [-0.15, -0.1) is 24.0 Å². The van der Waals surface area contributed by atoms with Gasteiger partial charge in [0.2, 0.25) is 0 Å². The molecule has 25 heavy (non-hydrogen) atoms. The second kappa shape index (κ2) is 11.2. The number of ether oxygens (including phenoxy) is 1. The lowest BCUT2D eigenvalue weighted by Crippen LogP contribution is -2.52. The molecule has 5 nitrogen and oxygen atoms in total. The molecule has 2 rings (SSSR count). The number of aliphatic imine (C=N–C) groups is 1. The molecule has 0 aromatic rings. The molecule has 0 aliphatic carbocycles. The maximum Gasteiger partial charge on any atom is 0.194 e. The summed E-state index contributed by atoms with van der Waals surface area (Å²) in [5.74, 6) is 2.86. The van der Waals surface area contributed by atoms with Crippen LogP contribution >= 0.6 is 35.7 Å². The van der Waals surface area contributed by atoms with Crippen molar-refractivity contribution >= 4 is 41.7 Å². The lowest BCUT2D eigenvalue weighted by Gasteiger charge is -2.40. The second-order valence-electron chi connectivity index (χ2n) is 7.68. The molecule has 0 saturated carbocycles. The number of hydrogen-bond acceptors (Lipinski definition) is 4. The Kier molecular flexibility index (Phi) is 10.4. The van der Waals surface area contributed by atoms with Crippen LogP contribution in [0.5, 0.6) is 0 Å². The minimum absolute atomic E-state index is 0. The van der Waals surface area contributed by atoms with E-state index in [2.05, 4.69) is 61.5 Å². The number of halogens is 1. The molecule has 0 spiro atoms. The van der Waals surface area contributed by atoms with Gasteiger partial charge in [0, 0.05) is 49.3 Å². The van der Waals surface area contributed by atoms with Crippen LogP contribution in [0, 0.1) is 5.92 Å². The van der Waals surface area contributed by atoms with Crippen LogP contribution in [0.3, 0.4) is 0 Å². The lowest BCUT2D eigenvalue weighted by atomic mass is 10.0. The number of thioether (sulfide) groups is 1. The van der Waals surface area contributed by atoms with Crippen molar-refractivity contribution in [3.63, 3.8) is 0 Å². The van der Waals surface area contributed by atoms with Gasteiger partial charge < -0.3 is 15.0 Å². The molecule has 2 fully saturated rings. The van der Waals surface area contributed by atoms with Crippen molar-refractivity contribution in [2.75, 3.05) is 58.2 Å². The van der Waals surface area contributed by atoms with Gasteiger partial charge >= 0.3 is 0 Å². The van der Waals surface area contributed by atoms with Crippen molar-refractivity contribution in [2.24, 2.45) is 10.9 Å². The van der Waals surface area contributed by atoms with Crippen molar-refractivity contribution in [1.82, 2.24) is 15.1 Å². The van der Waals surface area contributed by atoms with Crippen LogP contribution in [0.25, 0.3) is 0 Å². The molecule has 1 unspecified atom stereocenters. The SMILES string of the molecule is CCNC(=NCC(C(C)C)N1CCOCC1)N1CCSC(C)(C)C1.I. The van der Waals surface area contributed by atoms with Gasteiger partial charge in [0.15, 0.2) is 5.96 Å². The largest absolute Gasteiger partial charge is 0.379 e. The summed E-state index contributed by atoms with van der Waals surface area (Å²) < 4.78 is 5.81. The van der Waals surface area contributed by atoms with E-state index in [4.69, 9.17) is 9.73 Å². The van der Waals surface area contributed by atoms with E-state index < -0.39 is 0 Å². The minimum atomic E-state index is 0. The molecular formula is C18H37IN4OS. The predicted molar refractivity (Wildman–Crippen MR) is 121 cm³/mol. The van der Waals surface area contributed by atoms with E-state index in [0.717, 1.165) is 58.4 Å². The molecule has 0 bridgehead atoms. The Morgan fingerprint density at radius 3 is 2.48 bits per heavy atom. The Hall–Kier alpha value is 0.270. The zero-order valence-electron chi connectivity index (χ0n) is 16.6. The zero-order chi connectivity index (χ0) is 17.6. The van der Waals surface area contributed by atoms with Gasteiger partial charge in [-0.2, -0.15) is 11.8 Å². The Bertz CT molecular complexity index is 414. The highest BCUT2D eigenvalue weighted by Crippen LogP contribution is 2.29. The van der Waals surface area contributed by atoms with E-state index in [9.17, 15) is 0 Å². The first-order valence-electron chi connectivity index (χ1n) is 9.42. The molecule has 1 atom stereocenters. The monoisotopic (exact) mass is 484 g/mol. The summed E-state index contributed by atoms with van der Waals surface area (Å²) >= 11 is 2.07. The van der Waals surface area contributed by atoms with Crippen LogP contribution < -0.4 is 5.32 Å². The first-order valence-corrected chi connectivity index (χ1v) is 10.4. The molecule has 0 radical (unpaired) electrons. The summed E-state index contributed by atoms with van der Waals surface area (Å²) in [7, 11) is 0. The lowest BCUT2D eigenvalue weighted by molar-refractivity contribution is 0.00862. The summed E-state index contributed by atoms with van der Waals surface area (Å²) in [6.45, 7) is 19.1. The first-order chi connectivity index (χ1) is 11.4. The maximum atomic E-state index is 5.51. The van der Waals surface area contributed by atoms with Crippen molar-refractivity contribution in [3.05, 3.63) is 0 Å². The van der Waals surface area contributed by atoms with E-state index in [-0.39, 0.29) is 24.0 Å². The standard InChI is InChI=1S/C18H36N4OS.HI/c1-6-19-17(22-9-12-24-18(4,5)14-22)20-13-16(15(2)3)21-7-10-23-11-8-21;/h15-16H,6-14H2,1-5H3,(H,19,20);1H. The van der Waals surface area contributed by atoms with Crippen LogP contribution in [0.4, 0.5) is 0 Å². The van der Waals surface area contributed by atoms with E-state index in [1.165, 1.54) is 5.75 Å². The first kappa shape index (κ1) is 23.3. The number of rotatable bonds is 5. The molecule has 2 saturated heterocycles. The Balaban J connectivity index is 0.00000312. The van der Waals surface area contributed by atoms with Gasteiger partial charge in [-0.1, -0.05) is 13.8 Å². The summed E-state index contributed by atoms with van der Waals surface area (Å²) in [5.41, 5.74) is 0. The minimum Gasteiger partial charge on any atom is -0.379 e. The van der Waals surface area contributed by atoms with E-state index in [0.29, 0.717) is 16.7 Å². The number of hydrogen-bond donors (Lipinski definition) is 1. The Morgan fingerprint density at radius 1 is 1.24 bits per heavy atom. The maximum absolute atomic E-state index is 5.51. The third-order valence-electron chi connectivity index (χ3n) is 4.77. The molecule has 2 aliphatic rings. The molecule has 0 aromatic heterocycles. The van der Waals surface area contributed by atoms with Gasteiger partial charge in [-0.3, -0.25) is 9.89 Å². The van der Waals surface area contributed by atoms with Gasteiger partial charge in [0.25, 0.3) is 0 Å². The van der Waals surface area contributed by atoms with Crippen molar-refractivity contribution < 1.29 is 4.74 Å².